The number of amides is 1. The predicted molar refractivity (Wildman–Crippen MR) is 64.5 cm³/mol. The first-order valence-electron chi connectivity index (χ1n) is 5.94. The van der Waals surface area contributed by atoms with Gasteiger partial charge in [-0.3, -0.25) is 4.79 Å². The van der Waals surface area contributed by atoms with E-state index >= 15 is 0 Å². The van der Waals surface area contributed by atoms with Crippen LogP contribution in [0.2, 0.25) is 0 Å². The van der Waals surface area contributed by atoms with Crippen LogP contribution in [-0.2, 0) is 4.79 Å². The number of carbonyl (C=O) groups excluding carboxylic acids is 1. The SMILES string of the molecule is CCC(NC(=O)[C@@H](N)CC(C)C)C(C)C. The summed E-state index contributed by atoms with van der Waals surface area (Å²) in [6.07, 6.45) is 1.71. The smallest absolute Gasteiger partial charge is 0.237 e. The molecular formula is C12H26N2O. The molecule has 0 radical (unpaired) electrons. The molecule has 3 nitrogen and oxygen atoms in total. The Labute approximate surface area is 93.8 Å². The average Bonchev–Trinajstić information content (AvgIpc) is 2.11. The largest absolute Gasteiger partial charge is 0.352 e. The van der Waals surface area contributed by atoms with Crippen LogP contribution >= 0.6 is 0 Å². The van der Waals surface area contributed by atoms with Crippen LogP contribution in [0.15, 0.2) is 0 Å². The molecule has 0 saturated carbocycles. The normalized spacial score (nSPS) is 15.5. The predicted octanol–water partition coefficient (Wildman–Crippen LogP) is 1.91. The Morgan fingerprint density at radius 2 is 1.80 bits per heavy atom. The molecule has 1 amide bonds. The number of nitrogens with two attached hydrogens (primary N) is 1. The standard InChI is InChI=1S/C12H26N2O/c1-6-11(9(4)5)14-12(15)10(13)7-8(2)3/h8-11H,6-7,13H2,1-5H3,(H,14,15)/t10-,11?/m0/s1. The maximum Gasteiger partial charge on any atom is 0.237 e. The highest BCUT2D eigenvalue weighted by Crippen LogP contribution is 2.07. The summed E-state index contributed by atoms with van der Waals surface area (Å²) in [4.78, 5) is 11.7. The molecule has 0 heterocycles. The lowest BCUT2D eigenvalue weighted by atomic mass is 9.99. The highest BCUT2D eigenvalue weighted by atomic mass is 16.2. The molecule has 0 aromatic heterocycles. The Balaban J connectivity index is 4.10. The summed E-state index contributed by atoms with van der Waals surface area (Å²) in [5, 5.41) is 3.01. The Morgan fingerprint density at radius 1 is 1.27 bits per heavy atom. The van der Waals surface area contributed by atoms with Crippen LogP contribution in [0.5, 0.6) is 0 Å². The molecule has 0 aromatic rings. The van der Waals surface area contributed by atoms with Gasteiger partial charge in [-0.25, -0.2) is 0 Å². The van der Waals surface area contributed by atoms with Crippen molar-refractivity contribution >= 4 is 5.91 Å². The maximum atomic E-state index is 11.7. The maximum absolute atomic E-state index is 11.7. The molecule has 0 fully saturated rings. The van der Waals surface area contributed by atoms with Crippen molar-refractivity contribution in [1.29, 1.82) is 0 Å². The van der Waals surface area contributed by atoms with E-state index in [1.165, 1.54) is 0 Å². The average molecular weight is 214 g/mol. The fourth-order valence-corrected chi connectivity index (χ4v) is 1.64. The van der Waals surface area contributed by atoms with Gasteiger partial charge in [-0.15, -0.1) is 0 Å². The van der Waals surface area contributed by atoms with Crippen molar-refractivity contribution in [1.82, 2.24) is 5.32 Å². The quantitative estimate of drug-likeness (QED) is 0.709. The van der Waals surface area contributed by atoms with Crippen molar-refractivity contribution in [2.24, 2.45) is 17.6 Å². The Hall–Kier alpha value is -0.570. The number of hydrogen-bond donors (Lipinski definition) is 2. The van der Waals surface area contributed by atoms with Crippen molar-refractivity contribution in [2.45, 2.75) is 59.5 Å². The first-order valence-corrected chi connectivity index (χ1v) is 5.94. The van der Waals surface area contributed by atoms with E-state index < -0.39 is 0 Å². The third-order valence-electron chi connectivity index (χ3n) is 2.63. The van der Waals surface area contributed by atoms with Gasteiger partial charge in [0.2, 0.25) is 5.91 Å². The van der Waals surface area contributed by atoms with Gasteiger partial charge in [-0.1, -0.05) is 34.6 Å². The summed E-state index contributed by atoms with van der Waals surface area (Å²) < 4.78 is 0. The number of carbonyl (C=O) groups is 1. The molecule has 15 heavy (non-hydrogen) atoms. The van der Waals surface area contributed by atoms with Crippen LogP contribution < -0.4 is 11.1 Å². The third kappa shape index (κ3) is 5.78. The van der Waals surface area contributed by atoms with Crippen LogP contribution in [0.1, 0.15) is 47.5 Å². The van der Waals surface area contributed by atoms with E-state index in [-0.39, 0.29) is 18.0 Å². The monoisotopic (exact) mass is 214 g/mol. The molecule has 0 saturated heterocycles. The molecule has 0 rings (SSSR count). The first kappa shape index (κ1) is 14.4. The van der Waals surface area contributed by atoms with E-state index in [1.54, 1.807) is 0 Å². The summed E-state index contributed by atoms with van der Waals surface area (Å²) in [6.45, 7) is 10.5. The van der Waals surface area contributed by atoms with E-state index in [0.717, 1.165) is 12.8 Å². The van der Waals surface area contributed by atoms with E-state index in [4.69, 9.17) is 5.73 Å². The second kappa shape index (κ2) is 6.83. The summed E-state index contributed by atoms with van der Waals surface area (Å²) in [6, 6.07) is -0.117. The molecule has 0 aliphatic rings. The topological polar surface area (TPSA) is 55.1 Å². The van der Waals surface area contributed by atoms with Gasteiger partial charge < -0.3 is 11.1 Å². The van der Waals surface area contributed by atoms with Crippen LogP contribution in [0.4, 0.5) is 0 Å². The van der Waals surface area contributed by atoms with Gasteiger partial charge in [0.25, 0.3) is 0 Å². The molecule has 3 N–H and O–H groups in total. The summed E-state index contributed by atoms with van der Waals surface area (Å²) in [5.41, 5.74) is 5.81. The van der Waals surface area contributed by atoms with Crippen LogP contribution in [0.25, 0.3) is 0 Å². The summed E-state index contributed by atoms with van der Waals surface area (Å²) in [7, 11) is 0. The van der Waals surface area contributed by atoms with E-state index in [0.29, 0.717) is 11.8 Å². The lowest BCUT2D eigenvalue weighted by molar-refractivity contribution is -0.123. The van der Waals surface area contributed by atoms with Crippen molar-refractivity contribution in [3.8, 4) is 0 Å². The number of rotatable bonds is 6. The second-order valence-corrected chi connectivity index (χ2v) is 5.00. The fraction of sp³-hybridized carbons (Fsp3) is 0.917. The van der Waals surface area contributed by atoms with Gasteiger partial charge in [-0.05, 0) is 24.7 Å². The number of hydrogen-bond acceptors (Lipinski definition) is 2. The van der Waals surface area contributed by atoms with Crippen molar-refractivity contribution < 1.29 is 4.79 Å². The Morgan fingerprint density at radius 3 is 2.13 bits per heavy atom. The molecule has 1 unspecified atom stereocenters. The van der Waals surface area contributed by atoms with E-state index in [1.807, 2.05) is 0 Å². The molecule has 0 spiro atoms. The zero-order chi connectivity index (χ0) is 12.0. The van der Waals surface area contributed by atoms with Crippen LogP contribution in [0, 0.1) is 11.8 Å². The molecule has 0 bridgehead atoms. The van der Waals surface area contributed by atoms with Gasteiger partial charge in [0.15, 0.2) is 0 Å². The van der Waals surface area contributed by atoms with Crippen LogP contribution in [0.3, 0.4) is 0 Å². The van der Waals surface area contributed by atoms with Crippen molar-refractivity contribution in [3.05, 3.63) is 0 Å². The number of nitrogens with one attached hydrogen (secondary N) is 1. The first-order chi connectivity index (χ1) is 6.88. The Kier molecular flexibility index (Phi) is 6.57. The minimum atomic E-state index is -0.363. The zero-order valence-corrected chi connectivity index (χ0v) is 10.7. The summed E-state index contributed by atoms with van der Waals surface area (Å²) in [5.74, 6) is 0.916. The molecule has 3 heteroatoms. The van der Waals surface area contributed by atoms with E-state index in [9.17, 15) is 4.79 Å². The van der Waals surface area contributed by atoms with Gasteiger partial charge in [-0.2, -0.15) is 0 Å². The lowest BCUT2D eigenvalue weighted by Gasteiger charge is -2.23. The molecule has 0 aliphatic carbocycles. The van der Waals surface area contributed by atoms with E-state index in [2.05, 4.69) is 39.9 Å². The molecule has 0 aromatic carbocycles. The minimum Gasteiger partial charge on any atom is -0.352 e. The summed E-state index contributed by atoms with van der Waals surface area (Å²) >= 11 is 0. The van der Waals surface area contributed by atoms with Crippen molar-refractivity contribution in [2.75, 3.05) is 0 Å². The highest BCUT2D eigenvalue weighted by Gasteiger charge is 2.19. The lowest BCUT2D eigenvalue weighted by Crippen LogP contribution is -2.47. The minimum absolute atomic E-state index is 0.00995. The highest BCUT2D eigenvalue weighted by molar-refractivity contribution is 5.81. The van der Waals surface area contributed by atoms with Gasteiger partial charge in [0, 0.05) is 6.04 Å². The molecule has 90 valence electrons. The van der Waals surface area contributed by atoms with Gasteiger partial charge in [0.05, 0.1) is 6.04 Å². The molecule has 0 aliphatic heterocycles. The molecular weight excluding hydrogens is 188 g/mol. The molecule has 2 atom stereocenters. The van der Waals surface area contributed by atoms with Crippen LogP contribution in [-0.4, -0.2) is 18.0 Å². The Bertz CT molecular complexity index is 190. The van der Waals surface area contributed by atoms with Gasteiger partial charge >= 0.3 is 0 Å². The fourth-order valence-electron chi connectivity index (χ4n) is 1.64. The second-order valence-electron chi connectivity index (χ2n) is 5.00. The van der Waals surface area contributed by atoms with Gasteiger partial charge in [0.1, 0.15) is 0 Å². The van der Waals surface area contributed by atoms with Crippen molar-refractivity contribution in [3.63, 3.8) is 0 Å². The third-order valence-corrected chi connectivity index (χ3v) is 2.63. The zero-order valence-electron chi connectivity index (χ0n) is 10.7.